The highest BCUT2D eigenvalue weighted by molar-refractivity contribution is 5.91. The van der Waals surface area contributed by atoms with E-state index >= 15 is 0 Å². The van der Waals surface area contributed by atoms with Crippen LogP contribution in [-0.4, -0.2) is 48.2 Å². The smallest absolute Gasteiger partial charge is 0.326 e. The number of methoxy groups -OCH3 is 1. The van der Waals surface area contributed by atoms with Gasteiger partial charge in [0, 0.05) is 0 Å². The van der Waals surface area contributed by atoms with E-state index in [1.807, 2.05) is 13.8 Å². The molecule has 21 heavy (non-hydrogen) atoms. The average molecular weight is 303 g/mol. The van der Waals surface area contributed by atoms with Crippen molar-refractivity contribution >= 4 is 23.9 Å². The summed E-state index contributed by atoms with van der Waals surface area (Å²) in [5.41, 5.74) is 4.98. The lowest BCUT2D eigenvalue weighted by Gasteiger charge is -2.21. The molecule has 0 aliphatic rings. The zero-order valence-electron chi connectivity index (χ0n) is 12.2. The number of hydrogen-bond donors (Lipinski definition) is 4. The number of esters is 1. The summed E-state index contributed by atoms with van der Waals surface area (Å²) in [6.45, 7) is 3.65. The monoisotopic (exact) mass is 303 g/mol. The fourth-order valence-electron chi connectivity index (χ4n) is 1.60. The van der Waals surface area contributed by atoms with Gasteiger partial charge in [0.2, 0.25) is 5.91 Å². The molecule has 3 amide bonds. The lowest BCUT2D eigenvalue weighted by atomic mass is 10.0. The zero-order chi connectivity index (χ0) is 16.6. The van der Waals surface area contributed by atoms with Crippen LogP contribution in [0.25, 0.3) is 0 Å². The summed E-state index contributed by atoms with van der Waals surface area (Å²) in [6.07, 6.45) is -0.234. The van der Waals surface area contributed by atoms with E-state index in [1.54, 1.807) is 0 Å². The van der Waals surface area contributed by atoms with Gasteiger partial charge < -0.3 is 26.2 Å². The van der Waals surface area contributed by atoms with E-state index in [9.17, 15) is 19.2 Å². The van der Waals surface area contributed by atoms with Crippen molar-refractivity contribution in [1.29, 1.82) is 0 Å². The van der Waals surface area contributed by atoms with E-state index in [1.165, 1.54) is 0 Å². The van der Waals surface area contributed by atoms with E-state index in [-0.39, 0.29) is 12.3 Å². The highest BCUT2D eigenvalue weighted by Crippen LogP contribution is 2.06. The number of aliphatic carboxylic acids is 1. The first-order valence-corrected chi connectivity index (χ1v) is 6.33. The maximum Gasteiger partial charge on any atom is 0.326 e. The molecule has 0 aromatic rings. The van der Waals surface area contributed by atoms with Crippen molar-refractivity contribution in [2.45, 2.75) is 38.8 Å². The second kappa shape index (κ2) is 8.77. The number of carboxylic acids is 1. The Balaban J connectivity index is 4.85. The molecule has 5 N–H and O–H groups in total. The Morgan fingerprint density at radius 2 is 1.71 bits per heavy atom. The molecule has 0 aromatic heterocycles. The van der Waals surface area contributed by atoms with Crippen molar-refractivity contribution in [3.63, 3.8) is 0 Å². The maximum absolute atomic E-state index is 12.0. The third kappa shape index (κ3) is 7.75. The van der Waals surface area contributed by atoms with Crippen LogP contribution in [0.4, 0.5) is 4.79 Å². The van der Waals surface area contributed by atoms with Gasteiger partial charge in [-0.1, -0.05) is 13.8 Å². The molecule has 9 heteroatoms. The van der Waals surface area contributed by atoms with Gasteiger partial charge >= 0.3 is 18.0 Å². The van der Waals surface area contributed by atoms with Crippen LogP contribution in [0.2, 0.25) is 0 Å². The van der Waals surface area contributed by atoms with Crippen LogP contribution >= 0.6 is 0 Å². The van der Waals surface area contributed by atoms with Gasteiger partial charge in [-0.2, -0.15) is 0 Å². The number of ether oxygens (including phenoxy) is 1. The minimum atomic E-state index is -1.44. The third-order valence-corrected chi connectivity index (χ3v) is 2.55. The van der Waals surface area contributed by atoms with Crippen LogP contribution in [0.1, 0.15) is 26.7 Å². The van der Waals surface area contributed by atoms with Gasteiger partial charge in [0.05, 0.1) is 13.5 Å². The molecule has 0 aromatic carbocycles. The first-order valence-electron chi connectivity index (χ1n) is 6.33. The number of carbonyl (C=O) groups is 4. The summed E-state index contributed by atoms with van der Waals surface area (Å²) >= 11 is 0. The fraction of sp³-hybridized carbons (Fsp3) is 0.667. The van der Waals surface area contributed by atoms with Crippen LogP contribution in [0.3, 0.4) is 0 Å². The van der Waals surface area contributed by atoms with Gasteiger partial charge in [0.25, 0.3) is 0 Å². The van der Waals surface area contributed by atoms with E-state index < -0.39 is 42.4 Å². The molecule has 0 heterocycles. The average Bonchev–Trinajstić information content (AvgIpc) is 2.35. The fourth-order valence-corrected chi connectivity index (χ4v) is 1.60. The largest absolute Gasteiger partial charge is 0.480 e. The minimum absolute atomic E-state index is 0.0662. The molecule has 9 nitrogen and oxygen atoms in total. The molecule has 2 atom stereocenters. The van der Waals surface area contributed by atoms with Crippen molar-refractivity contribution in [2.75, 3.05) is 7.11 Å². The van der Waals surface area contributed by atoms with Crippen LogP contribution in [0.15, 0.2) is 0 Å². The Bertz CT molecular complexity index is 410. The van der Waals surface area contributed by atoms with Gasteiger partial charge in [0.15, 0.2) is 0 Å². The number of amides is 3. The number of hydrogen-bond acceptors (Lipinski definition) is 5. The molecule has 0 radical (unpaired) electrons. The number of carboxylic acid groups (broad SMARTS) is 1. The van der Waals surface area contributed by atoms with E-state index in [4.69, 9.17) is 10.8 Å². The summed E-state index contributed by atoms with van der Waals surface area (Å²) in [5, 5.41) is 13.4. The van der Waals surface area contributed by atoms with E-state index in [2.05, 4.69) is 15.4 Å². The summed E-state index contributed by atoms with van der Waals surface area (Å²) in [6, 6.07) is -3.30. The SMILES string of the molecule is COC(=O)C[C@H](NC(=O)C(CC(C)C)NC(N)=O)C(=O)O. The number of nitrogens with one attached hydrogen (secondary N) is 2. The Hall–Kier alpha value is -2.32. The van der Waals surface area contributed by atoms with Gasteiger partial charge in [0.1, 0.15) is 12.1 Å². The molecule has 0 saturated heterocycles. The molecule has 120 valence electrons. The Morgan fingerprint density at radius 3 is 2.10 bits per heavy atom. The summed E-state index contributed by atoms with van der Waals surface area (Å²) < 4.78 is 4.36. The molecular formula is C12H21N3O6. The van der Waals surface area contributed by atoms with Crippen molar-refractivity contribution < 1.29 is 29.0 Å². The molecule has 0 saturated carbocycles. The lowest BCUT2D eigenvalue weighted by molar-refractivity contribution is -0.149. The lowest BCUT2D eigenvalue weighted by Crippen LogP contribution is -2.53. The zero-order valence-corrected chi connectivity index (χ0v) is 12.2. The van der Waals surface area contributed by atoms with Gasteiger partial charge in [-0.05, 0) is 12.3 Å². The Morgan fingerprint density at radius 1 is 1.14 bits per heavy atom. The maximum atomic E-state index is 12.0. The Labute approximate surface area is 122 Å². The number of primary amides is 1. The minimum Gasteiger partial charge on any atom is -0.480 e. The Kier molecular flexibility index (Phi) is 7.80. The first-order chi connectivity index (χ1) is 9.67. The predicted molar refractivity (Wildman–Crippen MR) is 72.2 cm³/mol. The van der Waals surface area contributed by atoms with Gasteiger partial charge in [-0.25, -0.2) is 9.59 Å². The molecule has 0 aliphatic carbocycles. The highest BCUT2D eigenvalue weighted by Gasteiger charge is 2.28. The second-order valence-corrected chi connectivity index (χ2v) is 4.87. The van der Waals surface area contributed by atoms with E-state index in [0.29, 0.717) is 0 Å². The summed E-state index contributed by atoms with van der Waals surface area (Å²) in [5.74, 6) is -2.81. The van der Waals surface area contributed by atoms with Crippen molar-refractivity contribution in [2.24, 2.45) is 11.7 Å². The number of rotatable bonds is 8. The summed E-state index contributed by atoms with van der Waals surface area (Å²) in [7, 11) is 1.11. The molecule has 0 bridgehead atoms. The second-order valence-electron chi connectivity index (χ2n) is 4.87. The number of carbonyl (C=O) groups excluding carboxylic acids is 3. The van der Waals surface area contributed by atoms with Crippen LogP contribution in [0, 0.1) is 5.92 Å². The standard InChI is InChI=1S/C12H21N3O6/c1-6(2)4-7(15-12(13)20)10(17)14-8(11(18)19)5-9(16)21-3/h6-8H,4-5H2,1-3H3,(H,14,17)(H,18,19)(H3,13,15,20)/t7?,8-/m0/s1. The first kappa shape index (κ1) is 18.7. The van der Waals surface area contributed by atoms with Crippen LogP contribution in [0.5, 0.6) is 0 Å². The molecule has 0 aliphatic heterocycles. The number of urea groups is 1. The quantitative estimate of drug-likeness (QED) is 0.431. The van der Waals surface area contributed by atoms with Gasteiger partial charge in [-0.15, -0.1) is 0 Å². The van der Waals surface area contributed by atoms with Crippen molar-refractivity contribution in [3.05, 3.63) is 0 Å². The van der Waals surface area contributed by atoms with Crippen LogP contribution in [-0.2, 0) is 19.1 Å². The molecule has 1 unspecified atom stereocenters. The topological polar surface area (TPSA) is 148 Å². The van der Waals surface area contributed by atoms with Crippen molar-refractivity contribution in [1.82, 2.24) is 10.6 Å². The van der Waals surface area contributed by atoms with Gasteiger partial charge in [-0.3, -0.25) is 9.59 Å². The summed E-state index contributed by atoms with van der Waals surface area (Å²) in [4.78, 5) is 45.0. The molecular weight excluding hydrogens is 282 g/mol. The highest BCUT2D eigenvalue weighted by atomic mass is 16.5. The van der Waals surface area contributed by atoms with E-state index in [0.717, 1.165) is 7.11 Å². The molecule has 0 rings (SSSR count). The normalized spacial score (nSPS) is 13.1. The number of nitrogens with two attached hydrogens (primary N) is 1. The third-order valence-electron chi connectivity index (χ3n) is 2.55. The molecule has 0 fully saturated rings. The van der Waals surface area contributed by atoms with Crippen LogP contribution < -0.4 is 16.4 Å². The molecule has 0 spiro atoms. The predicted octanol–water partition coefficient (Wildman–Crippen LogP) is -0.798. The van der Waals surface area contributed by atoms with Crippen molar-refractivity contribution in [3.8, 4) is 0 Å².